The molecule has 1 heterocycles. The molecule has 0 spiro atoms. The number of hydrogen-bond donors (Lipinski definition) is 1. The van der Waals surface area contributed by atoms with Crippen LogP contribution < -0.4 is 11.3 Å². The van der Waals surface area contributed by atoms with Crippen molar-refractivity contribution in [1.82, 2.24) is 9.78 Å². The molecule has 0 saturated carbocycles. The third kappa shape index (κ3) is 1.57. The van der Waals surface area contributed by atoms with Gasteiger partial charge in [-0.2, -0.15) is 5.10 Å². The second-order valence-corrected chi connectivity index (χ2v) is 3.77. The van der Waals surface area contributed by atoms with Gasteiger partial charge in [0, 0.05) is 18.7 Å². The molecule has 14 heavy (non-hydrogen) atoms. The molecule has 0 aromatic carbocycles. The summed E-state index contributed by atoms with van der Waals surface area (Å²) in [5.74, 6) is 0. The first-order chi connectivity index (χ1) is 6.70. The molecular weight excluding hydrogens is 178 g/mol. The molecule has 2 rings (SSSR count). The third-order valence-corrected chi connectivity index (χ3v) is 2.70. The van der Waals surface area contributed by atoms with E-state index in [4.69, 9.17) is 5.73 Å². The summed E-state index contributed by atoms with van der Waals surface area (Å²) in [6.45, 7) is 2.56. The summed E-state index contributed by atoms with van der Waals surface area (Å²) < 4.78 is 1.51. The third-order valence-electron chi connectivity index (χ3n) is 2.70. The van der Waals surface area contributed by atoms with Gasteiger partial charge in [0.15, 0.2) is 0 Å². The Morgan fingerprint density at radius 2 is 2.50 bits per heavy atom. The van der Waals surface area contributed by atoms with Crippen LogP contribution in [-0.4, -0.2) is 15.8 Å². The molecule has 1 aromatic heterocycles. The van der Waals surface area contributed by atoms with Crippen LogP contribution in [0.3, 0.4) is 0 Å². The van der Waals surface area contributed by atoms with E-state index in [-0.39, 0.29) is 11.6 Å². The van der Waals surface area contributed by atoms with Crippen molar-refractivity contribution in [3.05, 3.63) is 27.7 Å². The van der Waals surface area contributed by atoms with Gasteiger partial charge in [-0.05, 0) is 31.7 Å². The van der Waals surface area contributed by atoms with Gasteiger partial charge in [0.25, 0.3) is 5.56 Å². The molecule has 1 aliphatic carbocycles. The van der Waals surface area contributed by atoms with E-state index < -0.39 is 0 Å². The Balaban J connectivity index is 2.46. The van der Waals surface area contributed by atoms with Crippen LogP contribution in [0.25, 0.3) is 0 Å². The molecule has 0 aliphatic heterocycles. The Kier molecular flexibility index (Phi) is 2.37. The molecule has 1 aromatic rings. The maximum absolute atomic E-state index is 11.5. The molecule has 0 bridgehead atoms. The second-order valence-electron chi connectivity index (χ2n) is 3.77. The normalized spacial score (nSPS) is 20.6. The highest BCUT2D eigenvalue weighted by Crippen LogP contribution is 2.16. The second kappa shape index (κ2) is 3.53. The van der Waals surface area contributed by atoms with Crippen molar-refractivity contribution in [1.29, 1.82) is 0 Å². The van der Waals surface area contributed by atoms with Gasteiger partial charge in [0.05, 0.1) is 5.69 Å². The summed E-state index contributed by atoms with van der Waals surface area (Å²) in [6.07, 6.45) is 2.67. The summed E-state index contributed by atoms with van der Waals surface area (Å²) in [7, 11) is 0. The first-order valence-corrected chi connectivity index (χ1v) is 5.06. The number of hydrogen-bond acceptors (Lipinski definition) is 3. The Hall–Kier alpha value is -1.16. The van der Waals surface area contributed by atoms with Crippen molar-refractivity contribution in [2.45, 2.75) is 38.8 Å². The molecule has 4 heteroatoms. The molecule has 76 valence electrons. The first kappa shape index (κ1) is 9.40. The van der Waals surface area contributed by atoms with Gasteiger partial charge in [0.2, 0.25) is 0 Å². The molecule has 0 saturated heterocycles. The zero-order valence-corrected chi connectivity index (χ0v) is 8.36. The molecule has 0 fully saturated rings. The summed E-state index contributed by atoms with van der Waals surface area (Å²) >= 11 is 0. The summed E-state index contributed by atoms with van der Waals surface area (Å²) in [5, 5.41) is 4.31. The minimum absolute atomic E-state index is 0.0136. The molecule has 1 aliphatic rings. The molecule has 0 radical (unpaired) electrons. The van der Waals surface area contributed by atoms with E-state index in [1.165, 1.54) is 4.68 Å². The average Bonchev–Trinajstić information content (AvgIpc) is 2.16. The van der Waals surface area contributed by atoms with E-state index in [1.54, 1.807) is 6.07 Å². The SMILES string of the molecule is CCn1nc2c(cc1=O)C[C@H](N)CC2. The Labute approximate surface area is 82.7 Å². The fourth-order valence-electron chi connectivity index (χ4n) is 1.89. The van der Waals surface area contributed by atoms with Crippen molar-refractivity contribution < 1.29 is 0 Å². The Bertz CT molecular complexity index is 397. The van der Waals surface area contributed by atoms with Gasteiger partial charge in [0.1, 0.15) is 0 Å². The minimum Gasteiger partial charge on any atom is -0.327 e. The van der Waals surface area contributed by atoms with Gasteiger partial charge in [-0.1, -0.05) is 0 Å². The molecule has 0 amide bonds. The predicted molar refractivity (Wildman–Crippen MR) is 54.2 cm³/mol. The molecule has 4 nitrogen and oxygen atoms in total. The number of nitrogens with two attached hydrogens (primary N) is 1. The number of fused-ring (bicyclic) bond motifs is 1. The minimum atomic E-state index is -0.0136. The summed E-state index contributed by atoms with van der Waals surface area (Å²) in [4.78, 5) is 11.5. The van der Waals surface area contributed by atoms with Gasteiger partial charge in [-0.3, -0.25) is 4.79 Å². The van der Waals surface area contributed by atoms with E-state index >= 15 is 0 Å². The van der Waals surface area contributed by atoms with Crippen LogP contribution in [-0.2, 0) is 19.4 Å². The van der Waals surface area contributed by atoms with E-state index in [0.717, 1.165) is 30.5 Å². The fourth-order valence-corrected chi connectivity index (χ4v) is 1.89. The highest BCUT2D eigenvalue weighted by atomic mass is 16.1. The van der Waals surface area contributed by atoms with Gasteiger partial charge >= 0.3 is 0 Å². The first-order valence-electron chi connectivity index (χ1n) is 5.06. The predicted octanol–water partition coefficient (Wildman–Crippen LogP) is 0.0792. The Morgan fingerprint density at radius 3 is 3.21 bits per heavy atom. The summed E-state index contributed by atoms with van der Waals surface area (Å²) in [6, 6.07) is 1.88. The standard InChI is InChI=1S/C10H15N3O/c1-2-13-10(14)6-7-5-8(11)3-4-9(7)12-13/h6,8H,2-5,11H2,1H3/t8-/m1/s1. The molecule has 2 N–H and O–H groups in total. The lowest BCUT2D eigenvalue weighted by Crippen LogP contribution is -2.32. The fraction of sp³-hybridized carbons (Fsp3) is 0.600. The van der Waals surface area contributed by atoms with E-state index in [2.05, 4.69) is 5.10 Å². The van der Waals surface area contributed by atoms with Crippen molar-refractivity contribution in [3.8, 4) is 0 Å². The number of nitrogens with zero attached hydrogens (tertiary/aromatic N) is 2. The van der Waals surface area contributed by atoms with E-state index in [9.17, 15) is 4.79 Å². The van der Waals surface area contributed by atoms with Crippen LogP contribution in [0.5, 0.6) is 0 Å². The van der Waals surface area contributed by atoms with Crippen molar-refractivity contribution in [2.75, 3.05) is 0 Å². The molecular formula is C10H15N3O. The quantitative estimate of drug-likeness (QED) is 0.687. The number of aryl methyl sites for hydroxylation is 2. The number of aromatic nitrogens is 2. The maximum Gasteiger partial charge on any atom is 0.267 e. The van der Waals surface area contributed by atoms with Gasteiger partial charge < -0.3 is 5.73 Å². The van der Waals surface area contributed by atoms with Gasteiger partial charge in [-0.25, -0.2) is 4.68 Å². The van der Waals surface area contributed by atoms with Crippen LogP contribution in [0, 0.1) is 0 Å². The van der Waals surface area contributed by atoms with Gasteiger partial charge in [-0.15, -0.1) is 0 Å². The average molecular weight is 193 g/mol. The molecule has 1 atom stereocenters. The highest BCUT2D eigenvalue weighted by molar-refractivity contribution is 5.22. The lowest BCUT2D eigenvalue weighted by Gasteiger charge is -2.20. The molecule has 0 unspecified atom stereocenters. The van der Waals surface area contributed by atoms with Crippen molar-refractivity contribution in [3.63, 3.8) is 0 Å². The summed E-state index contributed by atoms with van der Waals surface area (Å²) in [5.41, 5.74) is 7.91. The van der Waals surface area contributed by atoms with Crippen LogP contribution >= 0.6 is 0 Å². The van der Waals surface area contributed by atoms with Crippen LogP contribution in [0.15, 0.2) is 10.9 Å². The van der Waals surface area contributed by atoms with E-state index in [1.807, 2.05) is 6.92 Å². The largest absolute Gasteiger partial charge is 0.327 e. The van der Waals surface area contributed by atoms with Crippen LogP contribution in [0.1, 0.15) is 24.6 Å². The van der Waals surface area contributed by atoms with E-state index in [0.29, 0.717) is 6.54 Å². The zero-order valence-electron chi connectivity index (χ0n) is 8.36. The zero-order chi connectivity index (χ0) is 10.1. The smallest absolute Gasteiger partial charge is 0.267 e. The van der Waals surface area contributed by atoms with Crippen LogP contribution in [0.2, 0.25) is 0 Å². The van der Waals surface area contributed by atoms with Crippen molar-refractivity contribution in [2.24, 2.45) is 5.73 Å². The van der Waals surface area contributed by atoms with Crippen LogP contribution in [0.4, 0.5) is 0 Å². The Morgan fingerprint density at radius 1 is 1.71 bits per heavy atom. The number of rotatable bonds is 1. The monoisotopic (exact) mass is 193 g/mol. The van der Waals surface area contributed by atoms with Crippen molar-refractivity contribution >= 4 is 0 Å². The lowest BCUT2D eigenvalue weighted by atomic mass is 9.93. The lowest BCUT2D eigenvalue weighted by molar-refractivity contribution is 0.524. The topological polar surface area (TPSA) is 60.9 Å². The highest BCUT2D eigenvalue weighted by Gasteiger charge is 2.17. The maximum atomic E-state index is 11.5.